The summed E-state index contributed by atoms with van der Waals surface area (Å²) < 4.78 is 52.5. The quantitative estimate of drug-likeness (QED) is 0.0771. The molecule has 0 unspecified atom stereocenters. The Bertz CT molecular complexity index is 3040. The molecule has 18 nitrogen and oxygen atoms in total. The summed E-state index contributed by atoms with van der Waals surface area (Å²) >= 11 is 3.59. The molecule has 4 aliphatic rings. The molecule has 4 fully saturated rings. The number of carbonyl (C=O) groups is 3. The highest BCUT2D eigenvalue weighted by Crippen LogP contribution is 2.42. The summed E-state index contributed by atoms with van der Waals surface area (Å²) in [4.78, 5) is 70.9. The van der Waals surface area contributed by atoms with Gasteiger partial charge in [0.2, 0.25) is 23.7 Å². The maximum atomic E-state index is 15.3. The first-order valence-corrected chi connectivity index (χ1v) is 28.9. The fraction of sp³-hybridized carbons (Fsp3) is 0.481. The van der Waals surface area contributed by atoms with Crippen LogP contribution in [0.4, 0.5) is 43.3 Å². The zero-order valence-electron chi connectivity index (χ0n) is 42.6. The van der Waals surface area contributed by atoms with Crippen molar-refractivity contribution in [3.8, 4) is 5.75 Å². The standard InChI is InChI=1S/C52H64BrF2N12O6P/c1-6-32-25-42(59-52-56-30-38(53)49(61-52)58-41-11-9-35-37(48(41)74(4,5)72)29-57-67(7-2)51(35)71)44(73-8-3)28-43(32)65-15-13-33(14-16-65)63-21-23-66(24-22-63)46(69)31-62-17-19-64(20-18-62)34-26-39(54)47(40(55)27-34)36-10-12-45(68)60-50(36)70/h9,11,25-30,33,36H,6-8,10,12-24,31H2,1-5H3,(H,60,68,70)(H2,56,58,59,61)/t36-/m1/s1. The molecule has 0 aliphatic carbocycles. The normalized spacial score (nSPS) is 18.5. The molecule has 0 spiro atoms. The molecule has 4 aliphatic heterocycles. The molecule has 394 valence electrons. The third kappa shape index (κ3) is 11.3. The van der Waals surface area contributed by atoms with Gasteiger partial charge in [-0.1, -0.05) is 6.92 Å². The number of amides is 3. The van der Waals surface area contributed by atoms with E-state index in [-0.39, 0.29) is 36.4 Å². The Morgan fingerprint density at radius 3 is 2.22 bits per heavy atom. The predicted octanol–water partition coefficient (Wildman–Crippen LogP) is 6.40. The van der Waals surface area contributed by atoms with Gasteiger partial charge >= 0.3 is 0 Å². The van der Waals surface area contributed by atoms with Crippen LogP contribution in [0.3, 0.4) is 0 Å². The van der Waals surface area contributed by atoms with Crippen LogP contribution in [0.5, 0.6) is 5.75 Å². The number of carbonyl (C=O) groups excluding carboxylic acids is 3. The minimum Gasteiger partial charge on any atom is -0.492 e. The van der Waals surface area contributed by atoms with Gasteiger partial charge in [-0.2, -0.15) is 10.1 Å². The molecule has 74 heavy (non-hydrogen) atoms. The first kappa shape index (κ1) is 52.8. The van der Waals surface area contributed by atoms with Crippen molar-refractivity contribution in [1.82, 2.24) is 39.8 Å². The molecule has 2 aromatic heterocycles. The van der Waals surface area contributed by atoms with E-state index < -0.39 is 36.5 Å². The van der Waals surface area contributed by atoms with Gasteiger partial charge in [-0.25, -0.2) is 18.4 Å². The number of nitrogens with zero attached hydrogens (tertiary/aromatic N) is 9. The van der Waals surface area contributed by atoms with Crippen molar-refractivity contribution in [1.29, 1.82) is 0 Å². The van der Waals surface area contributed by atoms with Gasteiger partial charge in [0.1, 0.15) is 30.3 Å². The summed E-state index contributed by atoms with van der Waals surface area (Å²) in [7, 11) is -2.93. The number of benzene rings is 3. The van der Waals surface area contributed by atoms with Crippen molar-refractivity contribution in [3.05, 3.63) is 86.4 Å². The van der Waals surface area contributed by atoms with Gasteiger partial charge in [0.05, 0.1) is 46.5 Å². The fourth-order valence-corrected chi connectivity index (χ4v) is 12.6. The third-order valence-electron chi connectivity index (χ3n) is 14.7. The van der Waals surface area contributed by atoms with Crippen molar-refractivity contribution in [3.63, 3.8) is 0 Å². The number of hydrogen-bond acceptors (Lipinski definition) is 15. The number of aryl methyl sites for hydroxylation is 2. The zero-order chi connectivity index (χ0) is 52.4. The van der Waals surface area contributed by atoms with E-state index in [1.165, 1.54) is 16.8 Å². The molecule has 1 atom stereocenters. The SMILES string of the molecule is CCOc1cc(N2CCC(N3CCN(C(=O)CN4CCN(c5cc(F)c([C@H]6CCC(=O)NC6=O)c(F)c5)CC4)CC3)CC2)c(CC)cc1Nc1ncc(Br)c(Nc2ccc3c(=O)n(CC)ncc3c2P(C)(C)=O)n1. The zero-order valence-corrected chi connectivity index (χ0v) is 45.0. The number of piperidine rings is 2. The molecule has 22 heteroatoms. The smallest absolute Gasteiger partial charge is 0.274 e. The van der Waals surface area contributed by atoms with Crippen LogP contribution in [0, 0.1) is 11.6 Å². The van der Waals surface area contributed by atoms with E-state index in [4.69, 9.17) is 9.72 Å². The summed E-state index contributed by atoms with van der Waals surface area (Å²) in [6.07, 6.45) is 6.10. The van der Waals surface area contributed by atoms with E-state index in [0.717, 1.165) is 62.4 Å². The number of anilines is 6. The van der Waals surface area contributed by atoms with Crippen LogP contribution in [0.1, 0.15) is 63.5 Å². The summed E-state index contributed by atoms with van der Waals surface area (Å²) in [6.45, 7) is 17.2. The van der Waals surface area contributed by atoms with E-state index in [9.17, 15) is 23.7 Å². The Kier molecular flexibility index (Phi) is 16.0. The highest BCUT2D eigenvalue weighted by molar-refractivity contribution is 9.10. The Labute approximate surface area is 437 Å². The van der Waals surface area contributed by atoms with Gasteiger partial charge in [0.15, 0.2) is 0 Å². The average molecular weight is 1100 g/mol. The lowest BCUT2D eigenvalue weighted by atomic mass is 9.89. The molecule has 0 saturated carbocycles. The van der Waals surface area contributed by atoms with Crippen molar-refractivity contribution >= 4 is 91.4 Å². The maximum Gasteiger partial charge on any atom is 0.274 e. The van der Waals surface area contributed by atoms with Crippen molar-refractivity contribution in [2.24, 2.45) is 0 Å². The van der Waals surface area contributed by atoms with Crippen LogP contribution < -0.4 is 41.4 Å². The van der Waals surface area contributed by atoms with Gasteiger partial charge in [-0.05, 0) is 105 Å². The lowest BCUT2D eigenvalue weighted by Crippen LogP contribution is -2.56. The molecule has 6 heterocycles. The second kappa shape index (κ2) is 22.4. The van der Waals surface area contributed by atoms with Gasteiger partial charge in [0.25, 0.3) is 5.56 Å². The fourth-order valence-electron chi connectivity index (χ4n) is 10.8. The lowest BCUT2D eigenvalue weighted by Gasteiger charge is -2.44. The second-order valence-electron chi connectivity index (χ2n) is 19.7. The average Bonchev–Trinajstić information content (AvgIpc) is 3.38. The highest BCUT2D eigenvalue weighted by Gasteiger charge is 2.35. The molecule has 3 amide bonds. The number of ether oxygens (including phenoxy) is 1. The first-order chi connectivity index (χ1) is 35.5. The lowest BCUT2D eigenvalue weighted by molar-refractivity contribution is -0.135. The molecule has 4 saturated heterocycles. The van der Waals surface area contributed by atoms with Gasteiger partial charge in [0, 0.05) is 124 Å². The van der Waals surface area contributed by atoms with Gasteiger partial charge in [-0.3, -0.25) is 34.3 Å². The Morgan fingerprint density at radius 1 is 0.851 bits per heavy atom. The number of fused-ring (bicyclic) bond motifs is 1. The molecular weight excluding hydrogens is 1040 g/mol. The summed E-state index contributed by atoms with van der Waals surface area (Å²) in [5.74, 6) is -2.25. The molecule has 0 radical (unpaired) electrons. The van der Waals surface area contributed by atoms with Crippen molar-refractivity contribution < 1.29 is 32.5 Å². The van der Waals surface area contributed by atoms with Crippen LogP contribution in [0.25, 0.3) is 10.8 Å². The van der Waals surface area contributed by atoms with Crippen LogP contribution >= 0.6 is 23.1 Å². The van der Waals surface area contributed by atoms with Crippen LogP contribution in [0.2, 0.25) is 0 Å². The molecule has 3 aromatic carbocycles. The van der Waals surface area contributed by atoms with Gasteiger partial charge < -0.3 is 34.6 Å². The van der Waals surface area contributed by atoms with E-state index in [1.54, 1.807) is 37.9 Å². The number of aromatic nitrogens is 4. The number of halogens is 3. The molecule has 5 aromatic rings. The van der Waals surface area contributed by atoms with E-state index in [2.05, 4.69) is 75.7 Å². The number of piperazine rings is 2. The first-order valence-electron chi connectivity index (χ1n) is 25.5. The van der Waals surface area contributed by atoms with E-state index in [1.807, 2.05) is 23.6 Å². The Balaban J connectivity index is 0.780. The molecule has 9 rings (SSSR count). The van der Waals surface area contributed by atoms with E-state index in [0.29, 0.717) is 108 Å². The van der Waals surface area contributed by atoms with E-state index >= 15 is 8.78 Å². The topological polar surface area (TPSA) is 190 Å². The molecule has 0 bridgehead atoms. The predicted molar refractivity (Wildman–Crippen MR) is 288 cm³/mol. The number of imide groups is 1. The number of hydrogen-bond donors (Lipinski definition) is 3. The minimum absolute atomic E-state index is 0.0323. The molecular formula is C52H64BrF2N12O6P. The summed E-state index contributed by atoms with van der Waals surface area (Å²) in [6, 6.07) is 10.6. The van der Waals surface area contributed by atoms with Crippen LogP contribution in [0.15, 0.2) is 58.1 Å². The van der Waals surface area contributed by atoms with Gasteiger partial charge in [-0.15, -0.1) is 0 Å². The van der Waals surface area contributed by atoms with Crippen molar-refractivity contribution in [2.75, 3.05) is 112 Å². The third-order valence-corrected chi connectivity index (χ3v) is 16.8. The second-order valence-corrected chi connectivity index (χ2v) is 23.7. The summed E-state index contributed by atoms with van der Waals surface area (Å²) in [5.41, 5.74) is 3.41. The highest BCUT2D eigenvalue weighted by atomic mass is 79.9. The maximum absolute atomic E-state index is 15.3. The number of nitrogens with one attached hydrogen (secondary N) is 3. The minimum atomic E-state index is -2.93. The Hall–Kier alpha value is -6.02. The molecule has 3 N–H and O–H groups in total. The monoisotopic (exact) mass is 1100 g/mol. The van der Waals surface area contributed by atoms with Crippen LogP contribution in [-0.2, 0) is 31.9 Å². The van der Waals surface area contributed by atoms with Crippen LogP contribution in [-0.4, -0.2) is 150 Å². The summed E-state index contributed by atoms with van der Waals surface area (Å²) in [5, 5.41) is 14.8. The number of rotatable bonds is 15. The largest absolute Gasteiger partial charge is 0.492 e. The Morgan fingerprint density at radius 2 is 1.57 bits per heavy atom. The van der Waals surface area contributed by atoms with Crippen molar-refractivity contribution in [2.45, 2.75) is 71.4 Å².